The molecular formula is C10H12N4S. The van der Waals surface area contributed by atoms with Crippen LogP contribution < -0.4 is 5.32 Å². The van der Waals surface area contributed by atoms with Gasteiger partial charge in [0.15, 0.2) is 0 Å². The van der Waals surface area contributed by atoms with E-state index in [1.165, 1.54) is 10.6 Å². The molecule has 0 fully saturated rings. The highest BCUT2D eigenvalue weighted by Crippen LogP contribution is 2.28. The Bertz CT molecular complexity index is 462. The molecule has 2 aromatic rings. The molecule has 5 heteroatoms. The highest BCUT2D eigenvalue weighted by Gasteiger charge is 2.16. The van der Waals surface area contributed by atoms with Crippen LogP contribution in [0.1, 0.15) is 10.6 Å². The van der Waals surface area contributed by atoms with Gasteiger partial charge in [0, 0.05) is 31.4 Å². The standard InChI is InChI=1S/C10H12N4S/c1-14-6-12-4-8(14)10-13-7-2-3-11-5-9(7)15-10/h4,6,11H,2-3,5H2,1H3. The molecule has 15 heavy (non-hydrogen) atoms. The van der Waals surface area contributed by atoms with Crippen LogP contribution in [-0.2, 0) is 20.0 Å². The fourth-order valence-corrected chi connectivity index (χ4v) is 2.93. The summed E-state index contributed by atoms with van der Waals surface area (Å²) in [7, 11) is 2.00. The summed E-state index contributed by atoms with van der Waals surface area (Å²) in [5, 5.41) is 4.45. The summed E-state index contributed by atoms with van der Waals surface area (Å²) >= 11 is 1.77. The van der Waals surface area contributed by atoms with E-state index >= 15 is 0 Å². The molecule has 3 rings (SSSR count). The van der Waals surface area contributed by atoms with Gasteiger partial charge in [-0.3, -0.25) is 0 Å². The van der Waals surface area contributed by atoms with Crippen LogP contribution in [-0.4, -0.2) is 21.1 Å². The van der Waals surface area contributed by atoms with Gasteiger partial charge in [-0.1, -0.05) is 0 Å². The van der Waals surface area contributed by atoms with Gasteiger partial charge in [0.05, 0.1) is 23.9 Å². The predicted octanol–water partition coefficient (Wildman–Crippen LogP) is 1.19. The largest absolute Gasteiger partial charge is 0.332 e. The third-order valence-corrected chi connectivity index (χ3v) is 3.76. The van der Waals surface area contributed by atoms with E-state index in [0.29, 0.717) is 0 Å². The third kappa shape index (κ3) is 1.48. The first-order valence-corrected chi connectivity index (χ1v) is 5.82. The number of hydrogen-bond acceptors (Lipinski definition) is 4. The first-order chi connectivity index (χ1) is 7.34. The minimum atomic E-state index is 0.963. The Balaban J connectivity index is 2.06. The molecule has 0 bridgehead atoms. The Morgan fingerprint density at radius 1 is 1.53 bits per heavy atom. The number of imidazole rings is 1. The first-order valence-electron chi connectivity index (χ1n) is 5.00. The van der Waals surface area contributed by atoms with Crippen LogP contribution in [0.3, 0.4) is 0 Å². The molecule has 0 saturated heterocycles. The fourth-order valence-electron chi connectivity index (χ4n) is 1.80. The number of hydrogen-bond donors (Lipinski definition) is 1. The number of aromatic nitrogens is 3. The molecule has 0 radical (unpaired) electrons. The maximum absolute atomic E-state index is 4.67. The number of nitrogens with zero attached hydrogens (tertiary/aromatic N) is 3. The molecule has 0 unspecified atom stereocenters. The summed E-state index contributed by atoms with van der Waals surface area (Å²) in [6, 6.07) is 0. The van der Waals surface area contributed by atoms with E-state index in [2.05, 4.69) is 15.3 Å². The van der Waals surface area contributed by atoms with Crippen molar-refractivity contribution in [2.45, 2.75) is 13.0 Å². The van der Waals surface area contributed by atoms with Crippen LogP contribution >= 0.6 is 11.3 Å². The van der Waals surface area contributed by atoms with Crippen LogP contribution in [0.2, 0.25) is 0 Å². The molecule has 78 valence electrons. The van der Waals surface area contributed by atoms with Crippen molar-refractivity contribution in [2.24, 2.45) is 7.05 Å². The Hall–Kier alpha value is -1.20. The molecular weight excluding hydrogens is 208 g/mol. The van der Waals surface area contributed by atoms with E-state index in [4.69, 9.17) is 0 Å². The molecule has 0 saturated carbocycles. The second-order valence-corrected chi connectivity index (χ2v) is 4.79. The SMILES string of the molecule is Cn1cncc1-c1nc2c(s1)CNCC2. The molecule has 0 aliphatic carbocycles. The maximum atomic E-state index is 4.67. The normalized spacial score (nSPS) is 15.3. The Kier molecular flexibility index (Phi) is 2.07. The van der Waals surface area contributed by atoms with E-state index in [1.807, 2.05) is 24.1 Å². The van der Waals surface area contributed by atoms with Gasteiger partial charge in [-0.2, -0.15) is 0 Å². The molecule has 4 nitrogen and oxygen atoms in total. The van der Waals surface area contributed by atoms with Crippen LogP contribution in [0.5, 0.6) is 0 Å². The average molecular weight is 220 g/mol. The van der Waals surface area contributed by atoms with Crippen molar-refractivity contribution in [3.8, 4) is 10.7 Å². The van der Waals surface area contributed by atoms with E-state index in [-0.39, 0.29) is 0 Å². The minimum Gasteiger partial charge on any atom is -0.332 e. The minimum absolute atomic E-state index is 0.963. The summed E-state index contributed by atoms with van der Waals surface area (Å²) in [6.07, 6.45) is 4.73. The molecule has 0 atom stereocenters. The zero-order valence-corrected chi connectivity index (χ0v) is 9.34. The molecule has 2 aromatic heterocycles. The maximum Gasteiger partial charge on any atom is 0.142 e. The molecule has 1 N–H and O–H groups in total. The molecule has 0 aromatic carbocycles. The van der Waals surface area contributed by atoms with Crippen molar-refractivity contribution < 1.29 is 0 Å². The monoisotopic (exact) mass is 220 g/mol. The fraction of sp³-hybridized carbons (Fsp3) is 0.400. The Morgan fingerprint density at radius 2 is 2.47 bits per heavy atom. The molecule has 1 aliphatic rings. The second-order valence-electron chi connectivity index (χ2n) is 3.71. The van der Waals surface area contributed by atoms with Gasteiger partial charge in [-0.05, 0) is 0 Å². The summed E-state index contributed by atoms with van der Waals surface area (Å²) in [5.74, 6) is 0. The van der Waals surface area contributed by atoms with Gasteiger partial charge in [0.25, 0.3) is 0 Å². The van der Waals surface area contributed by atoms with Crippen LogP contribution in [0.4, 0.5) is 0 Å². The number of fused-ring (bicyclic) bond motifs is 1. The van der Waals surface area contributed by atoms with Crippen LogP contribution in [0.25, 0.3) is 10.7 Å². The van der Waals surface area contributed by atoms with Crippen LogP contribution in [0.15, 0.2) is 12.5 Å². The van der Waals surface area contributed by atoms with Crippen molar-refractivity contribution in [1.29, 1.82) is 0 Å². The van der Waals surface area contributed by atoms with Gasteiger partial charge >= 0.3 is 0 Å². The number of aryl methyl sites for hydroxylation is 1. The van der Waals surface area contributed by atoms with Gasteiger partial charge in [0.1, 0.15) is 5.01 Å². The second kappa shape index (κ2) is 3.43. The van der Waals surface area contributed by atoms with E-state index in [0.717, 1.165) is 30.2 Å². The number of thiazole rings is 1. The van der Waals surface area contributed by atoms with Gasteiger partial charge in [-0.15, -0.1) is 11.3 Å². The topological polar surface area (TPSA) is 42.7 Å². The van der Waals surface area contributed by atoms with E-state index in [9.17, 15) is 0 Å². The average Bonchev–Trinajstić information content (AvgIpc) is 2.82. The zero-order valence-electron chi connectivity index (χ0n) is 8.53. The van der Waals surface area contributed by atoms with Crippen molar-refractivity contribution in [3.63, 3.8) is 0 Å². The smallest absolute Gasteiger partial charge is 0.142 e. The summed E-state index contributed by atoms with van der Waals surface area (Å²) < 4.78 is 2.01. The van der Waals surface area contributed by atoms with E-state index in [1.54, 1.807) is 11.3 Å². The van der Waals surface area contributed by atoms with Crippen LogP contribution in [0, 0.1) is 0 Å². The number of nitrogens with one attached hydrogen (secondary N) is 1. The Labute approximate surface area is 92.0 Å². The third-order valence-electron chi connectivity index (χ3n) is 2.64. The van der Waals surface area contributed by atoms with Gasteiger partial charge in [-0.25, -0.2) is 9.97 Å². The zero-order chi connectivity index (χ0) is 10.3. The predicted molar refractivity (Wildman–Crippen MR) is 59.7 cm³/mol. The lowest BCUT2D eigenvalue weighted by molar-refractivity contribution is 0.644. The molecule has 3 heterocycles. The lowest BCUT2D eigenvalue weighted by Crippen LogP contribution is -2.22. The highest BCUT2D eigenvalue weighted by molar-refractivity contribution is 7.15. The first kappa shape index (κ1) is 9.06. The lowest BCUT2D eigenvalue weighted by Gasteiger charge is -2.09. The molecule has 0 amide bonds. The number of rotatable bonds is 1. The summed E-state index contributed by atoms with van der Waals surface area (Å²) in [4.78, 5) is 10.2. The quantitative estimate of drug-likeness (QED) is 0.785. The molecule has 0 spiro atoms. The van der Waals surface area contributed by atoms with Gasteiger partial charge in [0.2, 0.25) is 0 Å². The van der Waals surface area contributed by atoms with Crippen molar-refractivity contribution in [3.05, 3.63) is 23.1 Å². The van der Waals surface area contributed by atoms with Crippen molar-refractivity contribution in [2.75, 3.05) is 6.54 Å². The summed E-state index contributed by atoms with van der Waals surface area (Å²) in [5.41, 5.74) is 2.37. The highest BCUT2D eigenvalue weighted by atomic mass is 32.1. The van der Waals surface area contributed by atoms with Gasteiger partial charge < -0.3 is 9.88 Å². The molecule has 1 aliphatic heterocycles. The summed E-state index contributed by atoms with van der Waals surface area (Å²) in [6.45, 7) is 2.01. The lowest BCUT2D eigenvalue weighted by atomic mass is 10.2. The van der Waals surface area contributed by atoms with Crippen molar-refractivity contribution in [1.82, 2.24) is 19.9 Å². The Morgan fingerprint density at radius 3 is 3.20 bits per heavy atom. The van der Waals surface area contributed by atoms with E-state index < -0.39 is 0 Å². The van der Waals surface area contributed by atoms with Crippen molar-refractivity contribution >= 4 is 11.3 Å².